The summed E-state index contributed by atoms with van der Waals surface area (Å²) in [5, 5.41) is 0.439. The molecule has 3 aromatic carbocycles. The number of carbonyl (C=O) groups is 1. The zero-order chi connectivity index (χ0) is 26.5. The van der Waals surface area contributed by atoms with E-state index in [1.54, 1.807) is 76.4 Å². The molecule has 188 valence electrons. The third-order valence-corrected chi connectivity index (χ3v) is 6.18. The maximum absolute atomic E-state index is 12.6. The van der Waals surface area contributed by atoms with Crippen molar-refractivity contribution in [1.82, 2.24) is 0 Å². The number of methoxy groups -OCH3 is 1. The van der Waals surface area contributed by atoms with Crippen LogP contribution in [0.15, 0.2) is 65.6 Å². The smallest absolute Gasteiger partial charge is 0.344 e. The molecule has 0 radical (unpaired) electrons. The summed E-state index contributed by atoms with van der Waals surface area (Å²) in [5.74, 6) is 6.41. The third kappa shape index (κ3) is 7.51. The minimum Gasteiger partial charge on any atom is -0.497 e. The van der Waals surface area contributed by atoms with Gasteiger partial charge in [0, 0.05) is 22.4 Å². The van der Waals surface area contributed by atoms with Crippen LogP contribution in [0.25, 0.3) is 11.1 Å². The van der Waals surface area contributed by atoms with Crippen LogP contribution in [0.2, 0.25) is 5.02 Å². The quantitative estimate of drug-likeness (QED) is 0.310. The summed E-state index contributed by atoms with van der Waals surface area (Å²) >= 11 is 6.14. The summed E-state index contributed by atoms with van der Waals surface area (Å²) in [6.45, 7) is 5.03. The molecule has 0 N–H and O–H groups in total. The highest BCUT2D eigenvalue weighted by Crippen LogP contribution is 2.31. The first-order chi connectivity index (χ1) is 16.9. The number of benzene rings is 3. The van der Waals surface area contributed by atoms with E-state index in [0.717, 1.165) is 6.26 Å². The Labute approximate surface area is 217 Å². The molecule has 8 heteroatoms. The number of rotatable bonds is 6. The fourth-order valence-electron chi connectivity index (χ4n) is 3.31. The molecule has 3 rings (SSSR count). The van der Waals surface area contributed by atoms with Gasteiger partial charge in [0.05, 0.1) is 17.6 Å². The number of carbonyl (C=O) groups excluding carboxylic acids is 1. The van der Waals surface area contributed by atoms with Crippen LogP contribution in [0.3, 0.4) is 0 Å². The normalized spacial score (nSPS) is 11.3. The SMILES string of the molecule is COc1cccc(-c2ccc(C#Cc3cc(Cl)ccc3OCC(=O)OC(C)(C)C)cc2S(C)(=O)=O)c1. The highest BCUT2D eigenvalue weighted by molar-refractivity contribution is 7.90. The van der Waals surface area contributed by atoms with Crippen LogP contribution < -0.4 is 9.47 Å². The lowest BCUT2D eigenvalue weighted by molar-refractivity contribution is -0.157. The van der Waals surface area contributed by atoms with Gasteiger partial charge in [0.2, 0.25) is 0 Å². The predicted octanol–water partition coefficient (Wildman–Crippen LogP) is 5.54. The summed E-state index contributed by atoms with van der Waals surface area (Å²) in [5.41, 5.74) is 1.56. The van der Waals surface area contributed by atoms with Gasteiger partial charge in [-0.25, -0.2) is 13.2 Å². The van der Waals surface area contributed by atoms with Gasteiger partial charge in [-0.3, -0.25) is 0 Å². The fourth-order valence-corrected chi connectivity index (χ4v) is 4.41. The second-order valence-corrected chi connectivity index (χ2v) is 11.4. The Morgan fingerprint density at radius 3 is 2.42 bits per heavy atom. The van der Waals surface area contributed by atoms with Crippen molar-refractivity contribution in [1.29, 1.82) is 0 Å². The first kappa shape index (κ1) is 27.1. The Bertz CT molecular complexity index is 1440. The van der Waals surface area contributed by atoms with Crippen molar-refractivity contribution in [3.05, 3.63) is 76.8 Å². The molecule has 0 fully saturated rings. The van der Waals surface area contributed by atoms with Crippen molar-refractivity contribution in [2.24, 2.45) is 0 Å². The Morgan fingerprint density at radius 1 is 1.00 bits per heavy atom. The van der Waals surface area contributed by atoms with Crippen molar-refractivity contribution in [3.63, 3.8) is 0 Å². The predicted molar refractivity (Wildman–Crippen MR) is 140 cm³/mol. The third-order valence-electron chi connectivity index (χ3n) is 4.81. The first-order valence-corrected chi connectivity index (χ1v) is 13.3. The van der Waals surface area contributed by atoms with Crippen molar-refractivity contribution in [2.45, 2.75) is 31.3 Å². The van der Waals surface area contributed by atoms with Gasteiger partial charge in [-0.1, -0.05) is 41.6 Å². The molecule has 0 saturated heterocycles. The van der Waals surface area contributed by atoms with Crippen molar-refractivity contribution in [2.75, 3.05) is 20.0 Å². The lowest BCUT2D eigenvalue weighted by Crippen LogP contribution is -2.27. The average Bonchev–Trinajstić information content (AvgIpc) is 2.80. The zero-order valence-electron chi connectivity index (χ0n) is 20.7. The summed E-state index contributed by atoms with van der Waals surface area (Å²) in [6, 6.07) is 17.0. The molecular weight excluding hydrogens is 500 g/mol. The summed E-state index contributed by atoms with van der Waals surface area (Å²) < 4.78 is 41.3. The number of halogens is 1. The van der Waals surface area contributed by atoms with E-state index in [1.165, 1.54) is 6.07 Å². The Hall–Kier alpha value is -3.47. The van der Waals surface area contributed by atoms with Crippen LogP contribution in [-0.4, -0.2) is 40.0 Å². The lowest BCUT2D eigenvalue weighted by atomic mass is 10.0. The maximum atomic E-state index is 12.6. The van der Waals surface area contributed by atoms with Crippen LogP contribution in [0, 0.1) is 11.8 Å². The van der Waals surface area contributed by atoms with Crippen LogP contribution in [0.4, 0.5) is 0 Å². The number of esters is 1. The van der Waals surface area contributed by atoms with E-state index in [4.69, 9.17) is 25.8 Å². The molecule has 0 amide bonds. The second kappa shape index (κ2) is 11.1. The number of hydrogen-bond acceptors (Lipinski definition) is 6. The molecule has 0 aromatic heterocycles. The van der Waals surface area contributed by atoms with Gasteiger partial charge in [-0.05, 0) is 68.8 Å². The van der Waals surface area contributed by atoms with Gasteiger partial charge in [-0.15, -0.1) is 0 Å². The molecule has 0 spiro atoms. The van der Waals surface area contributed by atoms with Crippen LogP contribution in [0.1, 0.15) is 31.9 Å². The molecule has 36 heavy (non-hydrogen) atoms. The lowest BCUT2D eigenvalue weighted by Gasteiger charge is -2.19. The molecule has 6 nitrogen and oxygen atoms in total. The van der Waals surface area contributed by atoms with Gasteiger partial charge >= 0.3 is 5.97 Å². The minimum atomic E-state index is -3.56. The summed E-state index contributed by atoms with van der Waals surface area (Å²) in [7, 11) is -2.01. The van der Waals surface area contributed by atoms with E-state index in [9.17, 15) is 13.2 Å². The molecule has 0 aliphatic rings. The van der Waals surface area contributed by atoms with Gasteiger partial charge in [-0.2, -0.15) is 0 Å². The fraction of sp³-hybridized carbons (Fsp3) is 0.250. The van der Waals surface area contributed by atoms with E-state index in [1.807, 2.05) is 6.07 Å². The molecule has 0 saturated carbocycles. The molecule has 0 heterocycles. The van der Waals surface area contributed by atoms with Crippen LogP contribution in [-0.2, 0) is 19.4 Å². The molecule has 0 atom stereocenters. The van der Waals surface area contributed by atoms with E-state index in [0.29, 0.717) is 38.8 Å². The first-order valence-electron chi connectivity index (χ1n) is 11.0. The van der Waals surface area contributed by atoms with Crippen molar-refractivity contribution < 1.29 is 27.4 Å². The maximum Gasteiger partial charge on any atom is 0.344 e. The summed E-state index contributed by atoms with van der Waals surface area (Å²) in [4.78, 5) is 12.2. The van der Waals surface area contributed by atoms with Gasteiger partial charge in [0.15, 0.2) is 16.4 Å². The molecule has 0 unspecified atom stereocenters. The molecule has 3 aromatic rings. The van der Waals surface area contributed by atoms with Gasteiger partial charge in [0.25, 0.3) is 0 Å². The average molecular weight is 527 g/mol. The summed E-state index contributed by atoms with van der Waals surface area (Å²) in [6.07, 6.45) is 1.16. The van der Waals surface area contributed by atoms with Gasteiger partial charge in [0.1, 0.15) is 17.1 Å². The van der Waals surface area contributed by atoms with E-state index in [-0.39, 0.29) is 11.5 Å². The number of hydrogen-bond donors (Lipinski definition) is 0. The van der Waals surface area contributed by atoms with E-state index in [2.05, 4.69) is 11.8 Å². The standard InChI is InChI=1S/C28H27ClO6S/c1-28(2,3)35-27(30)18-34-25-14-12-22(29)16-21(25)11-9-19-10-13-24(26(15-19)36(5,31)32)20-7-6-8-23(17-20)33-4/h6-8,10,12-17H,18H2,1-5H3. The highest BCUT2D eigenvalue weighted by atomic mass is 35.5. The second-order valence-electron chi connectivity index (χ2n) is 8.98. The number of ether oxygens (including phenoxy) is 3. The molecule has 0 aliphatic heterocycles. The monoisotopic (exact) mass is 526 g/mol. The van der Waals surface area contributed by atoms with Crippen LogP contribution >= 0.6 is 11.6 Å². The largest absolute Gasteiger partial charge is 0.497 e. The zero-order valence-corrected chi connectivity index (χ0v) is 22.3. The Balaban J connectivity index is 1.95. The topological polar surface area (TPSA) is 78.9 Å². The highest BCUT2D eigenvalue weighted by Gasteiger charge is 2.18. The van der Waals surface area contributed by atoms with Crippen molar-refractivity contribution >= 4 is 27.4 Å². The Kier molecular flexibility index (Phi) is 8.34. The molecular formula is C28H27ClO6S. The Morgan fingerprint density at radius 2 is 1.75 bits per heavy atom. The van der Waals surface area contributed by atoms with Gasteiger partial charge < -0.3 is 14.2 Å². The van der Waals surface area contributed by atoms with E-state index < -0.39 is 21.4 Å². The molecule has 0 bridgehead atoms. The minimum absolute atomic E-state index is 0.148. The molecule has 0 aliphatic carbocycles. The number of sulfone groups is 1. The van der Waals surface area contributed by atoms with E-state index >= 15 is 0 Å². The van der Waals surface area contributed by atoms with Crippen molar-refractivity contribution in [3.8, 4) is 34.5 Å². The van der Waals surface area contributed by atoms with Crippen LogP contribution in [0.5, 0.6) is 11.5 Å².